The zero-order valence-electron chi connectivity index (χ0n) is 22.8. The van der Waals surface area contributed by atoms with E-state index in [0.29, 0.717) is 56.6 Å². The molecular formula is C33H20N8O2Pt. The first kappa shape index (κ1) is 27.2. The van der Waals surface area contributed by atoms with Gasteiger partial charge in [0.15, 0.2) is 0 Å². The van der Waals surface area contributed by atoms with Crippen molar-refractivity contribution < 1.29 is 21.1 Å². The Morgan fingerprint density at radius 2 is 1.18 bits per heavy atom. The molecule has 11 heteroatoms. The van der Waals surface area contributed by atoms with Crippen LogP contribution in [0.2, 0.25) is 0 Å². The Morgan fingerprint density at radius 3 is 1.75 bits per heavy atom. The SMILES string of the molecule is O=c1n(-c2ccccn2)c2[c-]c3c(cc2n1-c1ccccc1)n(-c1ccccc1)c(=O)n3-c1cccc(-c2ncc[n-]2)n1.[Pt+2]. The van der Waals surface area contributed by atoms with Gasteiger partial charge in [0.25, 0.3) is 0 Å². The van der Waals surface area contributed by atoms with Gasteiger partial charge in [-0.1, -0.05) is 60.9 Å². The van der Waals surface area contributed by atoms with E-state index in [1.165, 1.54) is 9.13 Å². The molecule has 0 spiro atoms. The fourth-order valence-corrected chi connectivity index (χ4v) is 5.40. The zero-order valence-corrected chi connectivity index (χ0v) is 25.0. The van der Waals surface area contributed by atoms with Gasteiger partial charge in [-0.05, 0) is 76.4 Å². The van der Waals surface area contributed by atoms with E-state index in [-0.39, 0.29) is 32.4 Å². The van der Waals surface area contributed by atoms with Crippen LogP contribution in [-0.4, -0.2) is 33.2 Å². The first-order valence-corrected chi connectivity index (χ1v) is 13.5. The maximum Gasteiger partial charge on any atom is 2.00 e. The van der Waals surface area contributed by atoms with Crippen molar-refractivity contribution in [1.82, 2.24) is 38.2 Å². The Kier molecular flexibility index (Phi) is 6.75. The summed E-state index contributed by atoms with van der Waals surface area (Å²) in [4.78, 5) is 46.2. The molecule has 0 aliphatic rings. The Hall–Kier alpha value is -5.60. The second-order valence-electron chi connectivity index (χ2n) is 9.76. The van der Waals surface area contributed by atoms with E-state index in [0.717, 1.165) is 0 Å². The normalized spacial score (nSPS) is 11.2. The van der Waals surface area contributed by atoms with Crippen LogP contribution in [0, 0.1) is 6.07 Å². The predicted molar refractivity (Wildman–Crippen MR) is 162 cm³/mol. The third-order valence-corrected chi connectivity index (χ3v) is 7.25. The summed E-state index contributed by atoms with van der Waals surface area (Å²) in [6.07, 6.45) is 4.82. The molecule has 0 radical (unpaired) electrons. The number of imidazole rings is 3. The monoisotopic (exact) mass is 755 g/mol. The van der Waals surface area contributed by atoms with Gasteiger partial charge in [-0.3, -0.25) is 9.13 Å². The van der Waals surface area contributed by atoms with E-state index in [2.05, 4.69) is 21.0 Å². The van der Waals surface area contributed by atoms with Gasteiger partial charge in [-0.25, -0.2) is 19.6 Å². The third kappa shape index (κ3) is 4.27. The van der Waals surface area contributed by atoms with Gasteiger partial charge >= 0.3 is 32.4 Å². The molecule has 0 amide bonds. The Morgan fingerprint density at radius 1 is 0.591 bits per heavy atom. The van der Waals surface area contributed by atoms with E-state index < -0.39 is 0 Å². The molecule has 0 bridgehead atoms. The van der Waals surface area contributed by atoms with Crippen molar-refractivity contribution in [2.75, 3.05) is 0 Å². The van der Waals surface area contributed by atoms with Crippen molar-refractivity contribution in [3.05, 3.63) is 149 Å². The van der Waals surface area contributed by atoms with Crippen LogP contribution in [0.1, 0.15) is 0 Å². The number of nitrogens with zero attached hydrogens (tertiary/aromatic N) is 8. The Balaban J connectivity index is 0.00000312. The molecular weight excluding hydrogens is 735 g/mol. The quantitative estimate of drug-likeness (QED) is 0.240. The summed E-state index contributed by atoms with van der Waals surface area (Å²) in [5.74, 6) is 1.27. The number of benzene rings is 3. The van der Waals surface area contributed by atoms with E-state index in [4.69, 9.17) is 4.98 Å². The van der Waals surface area contributed by atoms with E-state index in [1.54, 1.807) is 58.1 Å². The summed E-state index contributed by atoms with van der Waals surface area (Å²) in [6.45, 7) is 0. The van der Waals surface area contributed by atoms with Crippen molar-refractivity contribution >= 4 is 22.1 Å². The summed E-state index contributed by atoms with van der Waals surface area (Å²) in [5.41, 5.74) is 3.27. The van der Waals surface area contributed by atoms with Crippen LogP contribution in [-0.2, 0) is 21.1 Å². The summed E-state index contributed by atoms with van der Waals surface area (Å²) in [5, 5.41) is 0. The van der Waals surface area contributed by atoms with Crippen LogP contribution in [0.15, 0.2) is 131 Å². The molecule has 10 nitrogen and oxygen atoms in total. The second kappa shape index (κ2) is 10.9. The molecule has 0 saturated carbocycles. The topological polar surface area (TPSA) is 107 Å². The van der Waals surface area contributed by atoms with Gasteiger partial charge in [0.1, 0.15) is 11.6 Å². The smallest absolute Gasteiger partial charge is 0.441 e. The minimum absolute atomic E-state index is 0. The van der Waals surface area contributed by atoms with Crippen LogP contribution in [0.5, 0.6) is 0 Å². The number of hydrogen-bond acceptors (Lipinski definition) is 5. The third-order valence-electron chi connectivity index (χ3n) is 7.25. The van der Waals surface area contributed by atoms with Gasteiger partial charge in [0.05, 0.1) is 5.69 Å². The average Bonchev–Trinajstić information content (AvgIpc) is 3.76. The van der Waals surface area contributed by atoms with Crippen LogP contribution >= 0.6 is 0 Å². The first-order valence-electron chi connectivity index (χ1n) is 13.5. The van der Waals surface area contributed by atoms with Crippen molar-refractivity contribution in [1.29, 1.82) is 0 Å². The molecule has 5 heterocycles. The molecule has 0 saturated heterocycles. The van der Waals surface area contributed by atoms with Crippen molar-refractivity contribution in [3.63, 3.8) is 0 Å². The van der Waals surface area contributed by atoms with Gasteiger partial charge in [0.2, 0.25) is 0 Å². The molecule has 0 unspecified atom stereocenters. The molecule has 0 aliphatic heterocycles. The standard InChI is InChI=1S/C33H20N8O2.Pt/c42-32-38(22-10-3-1-4-11-22)25-20-26-28(21-27(25)40(32)29-15-7-8-17-34-29)41(33(43)39(26)23-12-5-2-6-13-23)30-16-9-14-24(37-30)31-35-18-19-36-31;/h1-20H;/q-2;+2. The number of aromatic nitrogens is 8. The molecule has 3 aromatic carbocycles. The van der Waals surface area contributed by atoms with Crippen molar-refractivity contribution in [2.45, 2.75) is 0 Å². The van der Waals surface area contributed by atoms with E-state index in [9.17, 15) is 9.59 Å². The predicted octanol–water partition coefficient (Wildman–Crippen LogP) is 4.48. The molecule has 0 atom stereocenters. The summed E-state index contributed by atoms with van der Waals surface area (Å²) in [6, 6.07) is 34.7. The largest absolute Gasteiger partial charge is 2.00 e. The van der Waals surface area contributed by atoms with Crippen LogP contribution in [0.3, 0.4) is 0 Å². The minimum atomic E-state index is -0.337. The van der Waals surface area contributed by atoms with Crippen molar-refractivity contribution in [2.24, 2.45) is 0 Å². The molecule has 0 fully saturated rings. The van der Waals surface area contributed by atoms with Gasteiger partial charge in [0, 0.05) is 17.6 Å². The molecule has 8 rings (SSSR count). The van der Waals surface area contributed by atoms with E-state index >= 15 is 0 Å². The molecule has 0 aliphatic carbocycles. The van der Waals surface area contributed by atoms with Gasteiger partial charge < -0.3 is 19.1 Å². The van der Waals surface area contributed by atoms with Gasteiger partial charge in [-0.15, -0.1) is 12.1 Å². The maximum absolute atomic E-state index is 14.3. The van der Waals surface area contributed by atoms with Crippen molar-refractivity contribution in [3.8, 4) is 34.5 Å². The molecule has 0 N–H and O–H groups in total. The first-order chi connectivity index (χ1) is 21.2. The number of para-hydroxylation sites is 2. The zero-order chi connectivity index (χ0) is 28.9. The van der Waals surface area contributed by atoms with E-state index in [1.807, 2.05) is 72.8 Å². The summed E-state index contributed by atoms with van der Waals surface area (Å²) < 4.78 is 6.23. The number of rotatable bonds is 5. The summed E-state index contributed by atoms with van der Waals surface area (Å²) >= 11 is 0. The second-order valence-corrected chi connectivity index (χ2v) is 9.76. The van der Waals surface area contributed by atoms with Crippen LogP contribution in [0.25, 0.3) is 56.6 Å². The fourth-order valence-electron chi connectivity index (χ4n) is 5.40. The number of hydrogen-bond donors (Lipinski definition) is 0. The molecule has 8 aromatic rings. The van der Waals surface area contributed by atoms with Crippen LogP contribution in [0.4, 0.5) is 0 Å². The fraction of sp³-hybridized carbons (Fsp3) is 0. The number of fused-ring (bicyclic) bond motifs is 2. The summed E-state index contributed by atoms with van der Waals surface area (Å²) in [7, 11) is 0. The minimum Gasteiger partial charge on any atom is -0.441 e. The molecule has 214 valence electrons. The van der Waals surface area contributed by atoms with Gasteiger partial charge in [-0.2, -0.15) is 0 Å². The number of pyridine rings is 2. The average molecular weight is 756 g/mol. The van der Waals surface area contributed by atoms with Crippen LogP contribution < -0.4 is 16.4 Å². The molecule has 5 aromatic heterocycles. The Labute approximate surface area is 263 Å². The Bertz CT molecular complexity index is 2370. The molecule has 44 heavy (non-hydrogen) atoms. The maximum atomic E-state index is 14.3.